The van der Waals surface area contributed by atoms with Crippen molar-refractivity contribution in [1.29, 1.82) is 0 Å². The van der Waals surface area contributed by atoms with Gasteiger partial charge in [-0.2, -0.15) is 0 Å². The molecule has 24 heavy (non-hydrogen) atoms. The monoisotopic (exact) mass is 421 g/mol. The first kappa shape index (κ1) is 17.6. The van der Waals surface area contributed by atoms with Crippen LogP contribution in [-0.2, 0) is 4.79 Å². The van der Waals surface area contributed by atoms with Crippen LogP contribution in [0.15, 0.2) is 35.3 Å². The number of para-hydroxylation sites is 1. The molecule has 3 rings (SSSR count). The standard InChI is InChI=1S/C15H8Cl5N3O/c16-10-11(17)13(19)15(14(20)12(10)18)23-9(24)6-8(22-23)21-7-4-2-1-3-5-7/h1-5H,6H2,(H,21,22). The van der Waals surface area contributed by atoms with Gasteiger partial charge in [0.2, 0.25) is 0 Å². The van der Waals surface area contributed by atoms with Crippen molar-refractivity contribution in [2.75, 3.05) is 5.01 Å². The first-order valence-electron chi connectivity index (χ1n) is 6.63. The summed E-state index contributed by atoms with van der Waals surface area (Å²) in [4.78, 5) is 16.7. The van der Waals surface area contributed by atoms with Crippen LogP contribution in [0.2, 0.25) is 25.1 Å². The number of amidine groups is 1. The molecule has 1 heterocycles. The number of hydrogen-bond acceptors (Lipinski definition) is 2. The summed E-state index contributed by atoms with van der Waals surface area (Å²) in [6.45, 7) is 0. The molecule has 2 aromatic rings. The highest BCUT2D eigenvalue weighted by atomic mass is 35.5. The molecule has 1 N–H and O–H groups in total. The van der Waals surface area contributed by atoms with Crippen molar-refractivity contribution in [1.82, 2.24) is 5.43 Å². The number of hydrazine groups is 1. The van der Waals surface area contributed by atoms with Gasteiger partial charge in [0.05, 0.1) is 37.2 Å². The molecule has 1 aliphatic heterocycles. The van der Waals surface area contributed by atoms with E-state index in [1.165, 1.54) is 5.01 Å². The molecule has 9 heteroatoms. The van der Waals surface area contributed by atoms with Crippen molar-refractivity contribution in [3.8, 4) is 0 Å². The van der Waals surface area contributed by atoms with Crippen LogP contribution in [0, 0.1) is 0 Å². The Kier molecular flexibility index (Phi) is 5.13. The third-order valence-corrected chi connectivity index (χ3v) is 5.50. The zero-order valence-electron chi connectivity index (χ0n) is 11.8. The maximum atomic E-state index is 12.3. The van der Waals surface area contributed by atoms with Crippen LogP contribution >= 0.6 is 58.0 Å². The quantitative estimate of drug-likeness (QED) is 0.481. The van der Waals surface area contributed by atoms with Gasteiger partial charge in [-0.15, -0.1) is 0 Å². The van der Waals surface area contributed by atoms with Gasteiger partial charge in [-0.1, -0.05) is 76.2 Å². The molecule has 1 fully saturated rings. The van der Waals surface area contributed by atoms with Crippen molar-refractivity contribution >= 4 is 81.1 Å². The highest BCUT2D eigenvalue weighted by Gasteiger charge is 2.33. The van der Waals surface area contributed by atoms with E-state index in [0.29, 0.717) is 11.5 Å². The number of nitrogens with one attached hydrogen (secondary N) is 1. The van der Waals surface area contributed by atoms with Crippen molar-refractivity contribution in [2.45, 2.75) is 6.42 Å². The van der Waals surface area contributed by atoms with Crippen LogP contribution in [0.1, 0.15) is 6.42 Å². The minimum atomic E-state index is -0.303. The van der Waals surface area contributed by atoms with Crippen LogP contribution in [0.3, 0.4) is 0 Å². The molecule has 0 spiro atoms. The highest BCUT2D eigenvalue weighted by Crippen LogP contribution is 2.48. The fraction of sp³-hybridized carbons (Fsp3) is 0.0667. The lowest BCUT2D eigenvalue weighted by Gasteiger charge is -2.21. The number of carbonyl (C=O) groups is 1. The smallest absolute Gasteiger partial charge is 0.253 e. The van der Waals surface area contributed by atoms with E-state index >= 15 is 0 Å². The number of carbonyl (C=O) groups excluding carboxylic acids is 1. The summed E-state index contributed by atoms with van der Waals surface area (Å²) >= 11 is 30.4. The van der Waals surface area contributed by atoms with Gasteiger partial charge in [0.1, 0.15) is 11.5 Å². The predicted octanol–water partition coefficient (Wildman–Crippen LogP) is 5.93. The Morgan fingerprint density at radius 3 is 2.00 bits per heavy atom. The van der Waals surface area contributed by atoms with Gasteiger partial charge in [-0.05, 0) is 12.1 Å². The fourth-order valence-electron chi connectivity index (χ4n) is 2.15. The number of anilines is 1. The lowest BCUT2D eigenvalue weighted by atomic mass is 10.3. The zero-order valence-corrected chi connectivity index (χ0v) is 15.6. The Morgan fingerprint density at radius 2 is 1.42 bits per heavy atom. The van der Waals surface area contributed by atoms with E-state index in [1.807, 2.05) is 30.3 Å². The summed E-state index contributed by atoms with van der Waals surface area (Å²) in [6, 6.07) is 9.21. The summed E-state index contributed by atoms with van der Waals surface area (Å²) in [6.07, 6.45) is 0.0550. The first-order chi connectivity index (χ1) is 11.4. The predicted molar refractivity (Wildman–Crippen MR) is 100 cm³/mol. The van der Waals surface area contributed by atoms with Gasteiger partial charge < -0.3 is 0 Å². The summed E-state index contributed by atoms with van der Waals surface area (Å²) in [7, 11) is 0. The minimum absolute atomic E-state index is 0.0192. The first-order valence-corrected chi connectivity index (χ1v) is 8.52. The average molecular weight is 424 g/mol. The second-order valence-electron chi connectivity index (χ2n) is 4.83. The number of nitrogens with zero attached hydrogens (tertiary/aromatic N) is 2. The van der Waals surface area contributed by atoms with E-state index in [9.17, 15) is 4.79 Å². The number of rotatable bonds is 2. The van der Waals surface area contributed by atoms with E-state index in [0.717, 1.165) is 0 Å². The SMILES string of the molecule is O=C1CC(=Nc2ccccc2)NN1c1c(Cl)c(Cl)c(Cl)c(Cl)c1Cl. The largest absolute Gasteiger partial charge is 0.277 e. The molecule has 0 aliphatic carbocycles. The third kappa shape index (κ3) is 3.17. The Bertz CT molecular complexity index is 825. The van der Waals surface area contributed by atoms with Gasteiger partial charge in [-0.3, -0.25) is 10.2 Å². The molecular weight excluding hydrogens is 415 g/mol. The van der Waals surface area contributed by atoms with Crippen molar-refractivity contribution in [3.63, 3.8) is 0 Å². The Hall–Kier alpha value is -1.17. The molecule has 1 saturated heterocycles. The maximum Gasteiger partial charge on any atom is 0.253 e. The van der Waals surface area contributed by atoms with Crippen LogP contribution in [0.4, 0.5) is 11.4 Å². The van der Waals surface area contributed by atoms with Crippen LogP contribution in [-0.4, -0.2) is 11.7 Å². The van der Waals surface area contributed by atoms with Crippen molar-refractivity contribution in [3.05, 3.63) is 55.4 Å². The minimum Gasteiger partial charge on any atom is -0.277 e. The van der Waals surface area contributed by atoms with Crippen LogP contribution in [0.5, 0.6) is 0 Å². The number of amides is 1. The second kappa shape index (κ2) is 6.98. The van der Waals surface area contributed by atoms with Gasteiger partial charge in [0.25, 0.3) is 5.91 Å². The fourth-order valence-corrected chi connectivity index (χ4v) is 3.44. The molecule has 4 nitrogen and oxygen atoms in total. The summed E-state index contributed by atoms with van der Waals surface area (Å²) < 4.78 is 0. The number of aliphatic imine (C=N–C) groups is 1. The Labute approximate surface area is 162 Å². The average Bonchev–Trinajstić information content (AvgIpc) is 2.92. The van der Waals surface area contributed by atoms with E-state index in [-0.39, 0.29) is 43.1 Å². The molecule has 0 atom stereocenters. The zero-order chi connectivity index (χ0) is 17.4. The summed E-state index contributed by atoms with van der Waals surface area (Å²) in [5.41, 5.74) is 3.71. The molecule has 2 aromatic carbocycles. The van der Waals surface area contributed by atoms with Gasteiger partial charge >= 0.3 is 0 Å². The molecular formula is C15H8Cl5N3O. The van der Waals surface area contributed by atoms with Gasteiger partial charge in [0, 0.05) is 0 Å². The van der Waals surface area contributed by atoms with Gasteiger partial charge in [-0.25, -0.2) is 10.0 Å². The van der Waals surface area contributed by atoms with Gasteiger partial charge in [0.15, 0.2) is 0 Å². The lowest BCUT2D eigenvalue weighted by molar-refractivity contribution is -0.116. The topological polar surface area (TPSA) is 44.7 Å². The summed E-state index contributed by atoms with van der Waals surface area (Å²) in [5, 5.41) is 1.29. The number of benzene rings is 2. The molecule has 0 radical (unpaired) electrons. The molecule has 124 valence electrons. The normalized spacial score (nSPS) is 16.0. The molecule has 0 aromatic heterocycles. The molecule has 0 saturated carbocycles. The van der Waals surface area contributed by atoms with E-state index in [1.54, 1.807) is 0 Å². The Balaban J connectivity index is 2.00. The van der Waals surface area contributed by atoms with E-state index in [2.05, 4.69) is 10.4 Å². The van der Waals surface area contributed by atoms with E-state index in [4.69, 9.17) is 58.0 Å². The molecule has 0 bridgehead atoms. The van der Waals surface area contributed by atoms with Crippen LogP contribution in [0.25, 0.3) is 0 Å². The number of hydrogen-bond donors (Lipinski definition) is 1. The highest BCUT2D eigenvalue weighted by molar-refractivity contribution is 6.57. The number of halogens is 5. The molecule has 1 aliphatic rings. The Morgan fingerprint density at radius 1 is 0.875 bits per heavy atom. The van der Waals surface area contributed by atoms with E-state index < -0.39 is 0 Å². The second-order valence-corrected chi connectivity index (χ2v) is 6.72. The van der Waals surface area contributed by atoms with Crippen molar-refractivity contribution < 1.29 is 4.79 Å². The maximum absolute atomic E-state index is 12.3. The molecule has 0 unspecified atom stereocenters. The van der Waals surface area contributed by atoms with Crippen LogP contribution < -0.4 is 10.4 Å². The third-order valence-electron chi connectivity index (χ3n) is 3.24. The molecule has 1 amide bonds. The summed E-state index contributed by atoms with van der Waals surface area (Å²) in [5.74, 6) is 0.142. The lowest BCUT2D eigenvalue weighted by Crippen LogP contribution is -2.36. The van der Waals surface area contributed by atoms with Crippen molar-refractivity contribution in [2.24, 2.45) is 4.99 Å².